The van der Waals surface area contributed by atoms with Crippen LogP contribution < -0.4 is 4.74 Å². The van der Waals surface area contributed by atoms with Gasteiger partial charge in [-0.05, 0) is 36.7 Å². The minimum absolute atomic E-state index is 0.515. The second kappa shape index (κ2) is 3.03. The summed E-state index contributed by atoms with van der Waals surface area (Å²) < 4.78 is 6.20. The zero-order valence-electron chi connectivity index (χ0n) is 9.73. The fraction of sp³-hybridized carbons (Fsp3) is 0.600. The van der Waals surface area contributed by atoms with Gasteiger partial charge in [0.1, 0.15) is 11.9 Å². The Kier molecular flexibility index (Phi) is 1.72. The minimum Gasteiger partial charge on any atom is -0.489 e. The average Bonchev–Trinajstić information content (AvgIpc) is 2.97. The maximum absolute atomic E-state index is 6.20. The van der Waals surface area contributed by atoms with Crippen molar-refractivity contribution in [2.24, 2.45) is 17.8 Å². The zero-order chi connectivity index (χ0) is 10.7. The molecule has 2 fully saturated rings. The van der Waals surface area contributed by atoms with Crippen LogP contribution in [0.2, 0.25) is 0 Å². The van der Waals surface area contributed by atoms with E-state index in [9.17, 15) is 0 Å². The standard InChI is InChI=1S/C15H18O/c1-2-9-7-10-8-12(9)15-14(10)11-5-3-4-6-13(11)16-15/h3-6,9-10,12,14-15H,2,7-8H2,1H3. The molecule has 0 N–H and O–H groups in total. The molecule has 1 aromatic carbocycles. The Balaban J connectivity index is 1.74. The van der Waals surface area contributed by atoms with Gasteiger partial charge in [-0.25, -0.2) is 0 Å². The highest BCUT2D eigenvalue weighted by Gasteiger charge is 2.56. The van der Waals surface area contributed by atoms with Gasteiger partial charge in [-0.3, -0.25) is 0 Å². The Hall–Kier alpha value is -0.980. The Morgan fingerprint density at radius 2 is 2.12 bits per heavy atom. The van der Waals surface area contributed by atoms with Crippen molar-refractivity contribution in [2.45, 2.75) is 38.2 Å². The first kappa shape index (κ1) is 9.09. The van der Waals surface area contributed by atoms with Gasteiger partial charge in [-0.1, -0.05) is 31.5 Å². The molecule has 0 spiro atoms. The van der Waals surface area contributed by atoms with Crippen molar-refractivity contribution >= 4 is 0 Å². The van der Waals surface area contributed by atoms with Gasteiger partial charge < -0.3 is 4.74 Å². The number of benzene rings is 1. The number of hydrogen-bond donors (Lipinski definition) is 0. The number of ether oxygens (including phenoxy) is 1. The first-order valence-corrected chi connectivity index (χ1v) is 6.64. The SMILES string of the molecule is CCC1CC2CC1C1Oc3ccccc3C21. The van der Waals surface area contributed by atoms with Crippen LogP contribution in [0.4, 0.5) is 0 Å². The van der Waals surface area contributed by atoms with Crippen LogP contribution in [0.1, 0.15) is 37.7 Å². The molecule has 0 radical (unpaired) electrons. The molecule has 1 aliphatic heterocycles. The number of hydrogen-bond acceptors (Lipinski definition) is 1. The van der Waals surface area contributed by atoms with Gasteiger partial charge in [0.25, 0.3) is 0 Å². The third-order valence-electron chi connectivity index (χ3n) is 5.14. The average molecular weight is 214 g/mol. The molecule has 0 aromatic heterocycles. The Morgan fingerprint density at radius 1 is 1.25 bits per heavy atom. The molecule has 4 rings (SSSR count). The van der Waals surface area contributed by atoms with Crippen LogP contribution in [0.25, 0.3) is 0 Å². The molecule has 84 valence electrons. The molecule has 1 heterocycles. The quantitative estimate of drug-likeness (QED) is 0.694. The molecule has 0 saturated heterocycles. The van der Waals surface area contributed by atoms with E-state index in [2.05, 4.69) is 31.2 Å². The lowest BCUT2D eigenvalue weighted by atomic mass is 9.77. The summed E-state index contributed by atoms with van der Waals surface area (Å²) in [6.07, 6.45) is 4.72. The van der Waals surface area contributed by atoms with Crippen LogP contribution in [0, 0.1) is 17.8 Å². The van der Waals surface area contributed by atoms with Crippen LogP contribution in [0.5, 0.6) is 5.75 Å². The Morgan fingerprint density at radius 3 is 3.00 bits per heavy atom. The molecule has 2 saturated carbocycles. The summed E-state index contributed by atoms with van der Waals surface area (Å²) in [4.78, 5) is 0. The number of fused-ring (bicyclic) bond motifs is 7. The van der Waals surface area contributed by atoms with E-state index in [1.165, 1.54) is 30.6 Å². The van der Waals surface area contributed by atoms with Crippen molar-refractivity contribution in [1.82, 2.24) is 0 Å². The second-order valence-electron chi connectivity index (χ2n) is 5.71. The lowest BCUT2D eigenvalue weighted by Crippen LogP contribution is -2.31. The highest BCUT2D eigenvalue weighted by molar-refractivity contribution is 5.43. The van der Waals surface area contributed by atoms with Crippen LogP contribution >= 0.6 is 0 Å². The molecule has 1 aromatic rings. The maximum atomic E-state index is 6.20. The van der Waals surface area contributed by atoms with E-state index < -0.39 is 0 Å². The molecule has 5 atom stereocenters. The summed E-state index contributed by atoms with van der Waals surface area (Å²) in [7, 11) is 0. The molecular weight excluding hydrogens is 196 g/mol. The molecule has 2 aliphatic carbocycles. The summed E-state index contributed by atoms with van der Waals surface area (Å²) in [6, 6.07) is 8.68. The van der Waals surface area contributed by atoms with E-state index in [0.717, 1.165) is 23.7 Å². The van der Waals surface area contributed by atoms with Crippen molar-refractivity contribution < 1.29 is 4.74 Å². The normalized spacial score (nSPS) is 42.9. The zero-order valence-corrected chi connectivity index (χ0v) is 9.73. The summed E-state index contributed by atoms with van der Waals surface area (Å²) in [5.74, 6) is 4.57. The van der Waals surface area contributed by atoms with Crippen molar-refractivity contribution in [1.29, 1.82) is 0 Å². The third-order valence-corrected chi connectivity index (χ3v) is 5.14. The van der Waals surface area contributed by atoms with Gasteiger partial charge in [-0.2, -0.15) is 0 Å². The van der Waals surface area contributed by atoms with Gasteiger partial charge in [0.2, 0.25) is 0 Å². The Bertz CT molecular complexity index is 423. The molecule has 1 nitrogen and oxygen atoms in total. The number of rotatable bonds is 1. The van der Waals surface area contributed by atoms with E-state index >= 15 is 0 Å². The second-order valence-corrected chi connectivity index (χ2v) is 5.71. The minimum atomic E-state index is 0.515. The first-order chi connectivity index (χ1) is 7.88. The van der Waals surface area contributed by atoms with Crippen molar-refractivity contribution in [3.05, 3.63) is 29.8 Å². The fourth-order valence-electron chi connectivity index (χ4n) is 4.50. The lowest BCUT2D eigenvalue weighted by Gasteiger charge is -2.29. The van der Waals surface area contributed by atoms with E-state index in [0.29, 0.717) is 6.10 Å². The highest BCUT2D eigenvalue weighted by atomic mass is 16.5. The summed E-state index contributed by atoms with van der Waals surface area (Å²) in [5, 5.41) is 0. The van der Waals surface area contributed by atoms with Gasteiger partial charge in [0, 0.05) is 11.5 Å². The third kappa shape index (κ3) is 0.971. The topological polar surface area (TPSA) is 9.23 Å². The van der Waals surface area contributed by atoms with Gasteiger partial charge in [0.15, 0.2) is 0 Å². The van der Waals surface area contributed by atoms with Crippen LogP contribution in [0.3, 0.4) is 0 Å². The predicted molar refractivity (Wildman–Crippen MR) is 63.6 cm³/mol. The molecule has 2 bridgehead atoms. The van der Waals surface area contributed by atoms with Gasteiger partial charge in [-0.15, -0.1) is 0 Å². The first-order valence-electron chi connectivity index (χ1n) is 6.64. The van der Waals surface area contributed by atoms with Crippen molar-refractivity contribution in [3.8, 4) is 5.75 Å². The maximum Gasteiger partial charge on any atom is 0.123 e. The summed E-state index contributed by atoms with van der Waals surface area (Å²) >= 11 is 0. The van der Waals surface area contributed by atoms with E-state index in [4.69, 9.17) is 4.74 Å². The van der Waals surface area contributed by atoms with E-state index in [1.807, 2.05) is 0 Å². The monoisotopic (exact) mass is 214 g/mol. The molecule has 0 amide bonds. The lowest BCUT2D eigenvalue weighted by molar-refractivity contribution is 0.108. The largest absolute Gasteiger partial charge is 0.489 e. The number of para-hydroxylation sites is 1. The van der Waals surface area contributed by atoms with Crippen molar-refractivity contribution in [2.75, 3.05) is 0 Å². The molecule has 5 unspecified atom stereocenters. The van der Waals surface area contributed by atoms with E-state index in [-0.39, 0.29) is 0 Å². The van der Waals surface area contributed by atoms with Gasteiger partial charge in [0.05, 0.1) is 0 Å². The van der Waals surface area contributed by atoms with Crippen molar-refractivity contribution in [3.63, 3.8) is 0 Å². The fourth-order valence-corrected chi connectivity index (χ4v) is 4.50. The van der Waals surface area contributed by atoms with Gasteiger partial charge >= 0.3 is 0 Å². The summed E-state index contributed by atoms with van der Waals surface area (Å²) in [6.45, 7) is 2.34. The highest BCUT2D eigenvalue weighted by Crippen LogP contribution is 2.61. The molecular formula is C15H18O. The molecule has 1 heteroatoms. The van der Waals surface area contributed by atoms with Crippen LogP contribution in [-0.4, -0.2) is 6.10 Å². The van der Waals surface area contributed by atoms with Crippen LogP contribution in [0.15, 0.2) is 24.3 Å². The predicted octanol–water partition coefficient (Wildman–Crippen LogP) is 3.60. The van der Waals surface area contributed by atoms with E-state index in [1.54, 1.807) is 0 Å². The summed E-state index contributed by atoms with van der Waals surface area (Å²) in [5.41, 5.74) is 1.49. The van der Waals surface area contributed by atoms with Crippen LogP contribution in [-0.2, 0) is 0 Å². The Labute approximate surface area is 96.8 Å². The molecule has 16 heavy (non-hydrogen) atoms. The molecule has 3 aliphatic rings. The smallest absolute Gasteiger partial charge is 0.123 e.